The molecule has 0 saturated carbocycles. The number of hydrogen-bond donors (Lipinski definition) is 1. The van der Waals surface area contributed by atoms with E-state index in [0.29, 0.717) is 36.5 Å². The average molecular weight is 288 g/mol. The predicted octanol–water partition coefficient (Wildman–Crippen LogP) is 3.05. The SMILES string of the molecule is CCOC(=O)c1ccc(NCCc2ccccc2F)nc1. The van der Waals surface area contributed by atoms with Gasteiger partial charge in [0.2, 0.25) is 0 Å². The summed E-state index contributed by atoms with van der Waals surface area (Å²) >= 11 is 0. The minimum Gasteiger partial charge on any atom is -0.462 e. The maximum Gasteiger partial charge on any atom is 0.339 e. The van der Waals surface area contributed by atoms with Crippen LogP contribution in [-0.2, 0) is 11.2 Å². The lowest BCUT2D eigenvalue weighted by molar-refractivity contribution is 0.0526. The molecule has 1 N–H and O–H groups in total. The molecule has 1 heterocycles. The van der Waals surface area contributed by atoms with Crippen LogP contribution in [0.25, 0.3) is 0 Å². The third-order valence-corrected chi connectivity index (χ3v) is 2.93. The summed E-state index contributed by atoms with van der Waals surface area (Å²) in [4.78, 5) is 15.6. The van der Waals surface area contributed by atoms with E-state index >= 15 is 0 Å². The molecule has 0 radical (unpaired) electrons. The van der Waals surface area contributed by atoms with Crippen molar-refractivity contribution in [1.29, 1.82) is 0 Å². The van der Waals surface area contributed by atoms with Gasteiger partial charge in [0.15, 0.2) is 0 Å². The van der Waals surface area contributed by atoms with Crippen LogP contribution in [0.1, 0.15) is 22.8 Å². The number of carbonyl (C=O) groups is 1. The van der Waals surface area contributed by atoms with Gasteiger partial charge >= 0.3 is 5.97 Å². The third kappa shape index (κ3) is 4.27. The minimum atomic E-state index is -0.386. The van der Waals surface area contributed by atoms with Gasteiger partial charge in [-0.05, 0) is 37.1 Å². The first-order chi connectivity index (χ1) is 10.2. The molecule has 2 rings (SSSR count). The fourth-order valence-electron chi connectivity index (χ4n) is 1.86. The van der Waals surface area contributed by atoms with Gasteiger partial charge in [-0.15, -0.1) is 0 Å². The first-order valence-corrected chi connectivity index (χ1v) is 6.81. The second kappa shape index (κ2) is 7.38. The Bertz CT molecular complexity index is 599. The Kier molecular flexibility index (Phi) is 5.26. The molecule has 110 valence electrons. The van der Waals surface area contributed by atoms with Gasteiger partial charge in [0.1, 0.15) is 11.6 Å². The number of rotatable bonds is 6. The Morgan fingerprint density at radius 3 is 2.76 bits per heavy atom. The summed E-state index contributed by atoms with van der Waals surface area (Å²) in [5, 5.41) is 3.09. The molecule has 4 nitrogen and oxygen atoms in total. The highest BCUT2D eigenvalue weighted by atomic mass is 19.1. The lowest BCUT2D eigenvalue weighted by Crippen LogP contribution is -2.09. The number of nitrogens with one attached hydrogen (secondary N) is 1. The molecule has 0 spiro atoms. The number of benzene rings is 1. The van der Waals surface area contributed by atoms with Gasteiger partial charge in [-0.1, -0.05) is 18.2 Å². The first-order valence-electron chi connectivity index (χ1n) is 6.81. The molecule has 0 aliphatic rings. The number of halogens is 1. The molecule has 2 aromatic rings. The van der Waals surface area contributed by atoms with Crippen molar-refractivity contribution >= 4 is 11.8 Å². The van der Waals surface area contributed by atoms with E-state index in [1.807, 2.05) is 6.07 Å². The smallest absolute Gasteiger partial charge is 0.339 e. The topological polar surface area (TPSA) is 51.2 Å². The molecule has 0 aliphatic heterocycles. The zero-order valence-electron chi connectivity index (χ0n) is 11.8. The van der Waals surface area contributed by atoms with Gasteiger partial charge in [-0.25, -0.2) is 14.2 Å². The van der Waals surface area contributed by atoms with Crippen LogP contribution >= 0.6 is 0 Å². The summed E-state index contributed by atoms with van der Waals surface area (Å²) in [6.07, 6.45) is 2.03. The molecule has 0 unspecified atom stereocenters. The molecule has 0 aliphatic carbocycles. The maximum absolute atomic E-state index is 13.4. The zero-order chi connectivity index (χ0) is 15.1. The number of carbonyl (C=O) groups excluding carboxylic acids is 1. The van der Waals surface area contributed by atoms with Crippen LogP contribution in [0.3, 0.4) is 0 Å². The van der Waals surface area contributed by atoms with E-state index in [9.17, 15) is 9.18 Å². The van der Waals surface area contributed by atoms with Crippen LogP contribution in [0, 0.1) is 5.82 Å². The number of ether oxygens (including phenoxy) is 1. The van der Waals surface area contributed by atoms with E-state index in [2.05, 4.69) is 10.3 Å². The molecule has 0 amide bonds. The number of aromatic nitrogens is 1. The molecule has 1 aromatic heterocycles. The van der Waals surface area contributed by atoms with Gasteiger partial charge in [-0.2, -0.15) is 0 Å². The normalized spacial score (nSPS) is 10.2. The Morgan fingerprint density at radius 2 is 2.10 bits per heavy atom. The molecule has 5 heteroatoms. The van der Waals surface area contributed by atoms with E-state index in [4.69, 9.17) is 4.74 Å². The number of esters is 1. The van der Waals surface area contributed by atoms with Crippen molar-refractivity contribution in [3.05, 3.63) is 59.5 Å². The van der Waals surface area contributed by atoms with Gasteiger partial charge in [0.25, 0.3) is 0 Å². The Morgan fingerprint density at radius 1 is 1.29 bits per heavy atom. The molecular formula is C16H17FN2O2. The lowest BCUT2D eigenvalue weighted by Gasteiger charge is -2.07. The fraction of sp³-hybridized carbons (Fsp3) is 0.250. The molecule has 0 saturated heterocycles. The van der Waals surface area contributed by atoms with Crippen molar-refractivity contribution in [2.45, 2.75) is 13.3 Å². The van der Waals surface area contributed by atoms with Crippen LogP contribution in [0.4, 0.5) is 10.2 Å². The van der Waals surface area contributed by atoms with Crippen LogP contribution in [0.15, 0.2) is 42.6 Å². The first kappa shape index (κ1) is 15.0. The maximum atomic E-state index is 13.4. The molecule has 0 fully saturated rings. The predicted molar refractivity (Wildman–Crippen MR) is 78.8 cm³/mol. The largest absolute Gasteiger partial charge is 0.462 e. The molecule has 1 aromatic carbocycles. The van der Waals surface area contributed by atoms with Crippen LogP contribution in [0.5, 0.6) is 0 Å². The van der Waals surface area contributed by atoms with Gasteiger partial charge < -0.3 is 10.1 Å². The number of hydrogen-bond acceptors (Lipinski definition) is 4. The van der Waals surface area contributed by atoms with Crippen molar-refractivity contribution in [3.63, 3.8) is 0 Å². The highest BCUT2D eigenvalue weighted by molar-refractivity contribution is 5.89. The number of pyridine rings is 1. The van der Waals surface area contributed by atoms with Crippen molar-refractivity contribution in [2.24, 2.45) is 0 Å². The van der Waals surface area contributed by atoms with Crippen molar-refractivity contribution < 1.29 is 13.9 Å². The molecule has 0 bridgehead atoms. The summed E-state index contributed by atoms with van der Waals surface area (Å²) in [7, 11) is 0. The summed E-state index contributed by atoms with van der Waals surface area (Å²) in [5.74, 6) is 0.0483. The van der Waals surface area contributed by atoms with Crippen LogP contribution in [-0.4, -0.2) is 24.1 Å². The highest BCUT2D eigenvalue weighted by Crippen LogP contribution is 2.09. The zero-order valence-corrected chi connectivity index (χ0v) is 11.8. The van der Waals surface area contributed by atoms with E-state index in [1.165, 1.54) is 12.3 Å². The van der Waals surface area contributed by atoms with Crippen molar-refractivity contribution in [1.82, 2.24) is 4.98 Å². The summed E-state index contributed by atoms with van der Waals surface area (Å²) < 4.78 is 18.3. The molecule has 21 heavy (non-hydrogen) atoms. The Hall–Kier alpha value is -2.43. The van der Waals surface area contributed by atoms with E-state index in [-0.39, 0.29) is 11.8 Å². The summed E-state index contributed by atoms with van der Waals surface area (Å²) in [5.41, 5.74) is 1.07. The van der Waals surface area contributed by atoms with Gasteiger partial charge in [-0.3, -0.25) is 0 Å². The fourth-order valence-corrected chi connectivity index (χ4v) is 1.86. The van der Waals surface area contributed by atoms with Gasteiger partial charge in [0.05, 0.1) is 12.2 Å². The molecular weight excluding hydrogens is 271 g/mol. The summed E-state index contributed by atoms with van der Waals surface area (Å²) in [6.45, 7) is 2.65. The standard InChI is InChI=1S/C16H17FN2O2/c1-2-21-16(20)13-7-8-15(19-11-13)18-10-9-12-5-3-4-6-14(12)17/h3-8,11H,2,9-10H2,1H3,(H,18,19). The summed E-state index contributed by atoms with van der Waals surface area (Å²) in [6, 6.07) is 10.0. The minimum absolute atomic E-state index is 0.204. The van der Waals surface area contributed by atoms with Crippen LogP contribution < -0.4 is 5.32 Å². The van der Waals surface area contributed by atoms with E-state index < -0.39 is 0 Å². The van der Waals surface area contributed by atoms with Crippen LogP contribution in [0.2, 0.25) is 0 Å². The average Bonchev–Trinajstić information content (AvgIpc) is 2.50. The number of nitrogens with zero attached hydrogens (tertiary/aromatic N) is 1. The monoisotopic (exact) mass is 288 g/mol. The highest BCUT2D eigenvalue weighted by Gasteiger charge is 2.06. The van der Waals surface area contributed by atoms with Crippen molar-refractivity contribution in [3.8, 4) is 0 Å². The number of anilines is 1. The van der Waals surface area contributed by atoms with Gasteiger partial charge in [0, 0.05) is 12.7 Å². The Balaban J connectivity index is 1.87. The quantitative estimate of drug-likeness (QED) is 0.830. The second-order valence-corrected chi connectivity index (χ2v) is 4.42. The van der Waals surface area contributed by atoms with E-state index in [0.717, 1.165) is 0 Å². The third-order valence-electron chi connectivity index (χ3n) is 2.93. The lowest BCUT2D eigenvalue weighted by atomic mass is 10.1. The van der Waals surface area contributed by atoms with Crippen molar-refractivity contribution in [2.75, 3.05) is 18.5 Å². The van der Waals surface area contributed by atoms with E-state index in [1.54, 1.807) is 31.2 Å². The second-order valence-electron chi connectivity index (χ2n) is 4.42. The Labute approximate surface area is 123 Å². The molecule has 0 atom stereocenters.